The molecule has 2 aliphatic rings. The number of carbonyl (C=O) groups excluding carboxylic acids is 1. The van der Waals surface area contributed by atoms with Gasteiger partial charge in [0.2, 0.25) is 5.17 Å². The number of nitrogens with zero attached hydrogens (tertiary/aromatic N) is 3. The first kappa shape index (κ1) is 30.4. The summed E-state index contributed by atoms with van der Waals surface area (Å²) in [6, 6.07) is 16.5. The number of fused-ring (bicyclic) bond motifs is 1. The van der Waals surface area contributed by atoms with Crippen molar-refractivity contribution in [3.05, 3.63) is 99.0 Å². The number of hydrogen-bond donors (Lipinski definition) is 1. The van der Waals surface area contributed by atoms with Crippen molar-refractivity contribution in [2.45, 2.75) is 6.42 Å². The van der Waals surface area contributed by atoms with Crippen molar-refractivity contribution in [1.29, 1.82) is 5.41 Å². The zero-order valence-corrected chi connectivity index (χ0v) is 26.4. The number of benzene rings is 3. The number of allylic oxidation sites excluding steroid dienone is 1. The summed E-state index contributed by atoms with van der Waals surface area (Å²) in [4.78, 5) is 17.1. The van der Waals surface area contributed by atoms with Crippen LogP contribution in [0.3, 0.4) is 0 Å². The van der Waals surface area contributed by atoms with Crippen molar-refractivity contribution in [2.24, 2.45) is 10.1 Å². The van der Waals surface area contributed by atoms with Gasteiger partial charge in [-0.1, -0.05) is 41.9 Å². The van der Waals surface area contributed by atoms with E-state index in [0.29, 0.717) is 53.8 Å². The van der Waals surface area contributed by atoms with Gasteiger partial charge in [0.05, 0.1) is 29.3 Å². The molecule has 0 radical (unpaired) electrons. The number of amides is 1. The van der Waals surface area contributed by atoms with Gasteiger partial charge >= 0.3 is 0 Å². The average Bonchev–Trinajstić information content (AvgIpc) is 3.42. The molecule has 0 aliphatic carbocycles. The van der Waals surface area contributed by atoms with Gasteiger partial charge in [0.1, 0.15) is 18.3 Å². The Kier molecular flexibility index (Phi) is 9.54. The van der Waals surface area contributed by atoms with E-state index in [2.05, 4.69) is 32.6 Å². The molecule has 9 nitrogen and oxygen atoms in total. The van der Waals surface area contributed by atoms with Crippen LogP contribution in [0.1, 0.15) is 16.7 Å². The zero-order valence-electron chi connectivity index (χ0n) is 23.2. The molecule has 3 aromatic rings. The lowest BCUT2D eigenvalue weighted by Crippen LogP contribution is -2.35. The standard InChI is InChI=1S/C31H26BrClN4O5S/c1-4-7-18-10-11-24(25(16-18)39-2)41-12-13-42-27-22(32)15-19(17-26(27)40-3)14-21-28(34)37-31(35-29(21)38)43-30(36-37)20-8-5-6-9-23(20)33/h4-6,8-11,14-17,34H,1,7,12-13H2,2-3H3/b21-14-,34-28?. The van der Waals surface area contributed by atoms with Gasteiger partial charge in [-0.3, -0.25) is 10.2 Å². The summed E-state index contributed by atoms with van der Waals surface area (Å²) in [7, 11) is 3.12. The predicted molar refractivity (Wildman–Crippen MR) is 174 cm³/mol. The number of halogens is 2. The Labute approximate surface area is 266 Å². The number of hydrogen-bond acceptors (Lipinski definition) is 8. The van der Waals surface area contributed by atoms with Crippen LogP contribution in [0.2, 0.25) is 5.02 Å². The van der Waals surface area contributed by atoms with Crippen LogP contribution in [0, 0.1) is 5.41 Å². The number of hydrazone groups is 1. The Bertz CT molecular complexity index is 1710. The molecule has 12 heteroatoms. The van der Waals surface area contributed by atoms with Gasteiger partial charge < -0.3 is 18.9 Å². The number of amidine groups is 2. The van der Waals surface area contributed by atoms with Gasteiger partial charge in [-0.2, -0.15) is 15.1 Å². The quantitative estimate of drug-likeness (QED) is 0.132. The van der Waals surface area contributed by atoms with E-state index in [9.17, 15) is 4.79 Å². The Morgan fingerprint density at radius 3 is 2.56 bits per heavy atom. The molecule has 1 amide bonds. The molecule has 3 aromatic carbocycles. The summed E-state index contributed by atoms with van der Waals surface area (Å²) in [6.07, 6.45) is 4.14. The van der Waals surface area contributed by atoms with E-state index in [0.717, 1.165) is 12.0 Å². The van der Waals surface area contributed by atoms with Crippen molar-refractivity contribution in [3.63, 3.8) is 0 Å². The van der Waals surface area contributed by atoms with Gasteiger partial charge in [0.25, 0.3) is 5.91 Å². The van der Waals surface area contributed by atoms with Crippen LogP contribution in [0.25, 0.3) is 6.08 Å². The Morgan fingerprint density at radius 2 is 1.81 bits per heavy atom. The fraction of sp³-hybridized carbons (Fsp3) is 0.161. The molecule has 2 aliphatic heterocycles. The minimum Gasteiger partial charge on any atom is -0.493 e. The monoisotopic (exact) mass is 680 g/mol. The Morgan fingerprint density at radius 1 is 1.05 bits per heavy atom. The second-order valence-corrected chi connectivity index (χ2v) is 11.3. The van der Waals surface area contributed by atoms with Crippen molar-refractivity contribution in [2.75, 3.05) is 27.4 Å². The number of rotatable bonds is 11. The Hall–Kier alpha value is -4.06. The predicted octanol–water partition coefficient (Wildman–Crippen LogP) is 6.97. The van der Waals surface area contributed by atoms with Gasteiger partial charge in [0.15, 0.2) is 28.8 Å². The van der Waals surface area contributed by atoms with Crippen LogP contribution in [-0.4, -0.2) is 54.4 Å². The lowest BCUT2D eigenvalue weighted by Gasteiger charge is -2.20. The molecule has 0 fully saturated rings. The van der Waals surface area contributed by atoms with Crippen molar-refractivity contribution < 1.29 is 23.7 Å². The maximum atomic E-state index is 12.9. The molecule has 220 valence electrons. The molecule has 0 aromatic heterocycles. The zero-order chi connectivity index (χ0) is 30.5. The molecule has 1 N–H and O–H groups in total. The van der Waals surface area contributed by atoms with Crippen LogP contribution in [0.4, 0.5) is 0 Å². The molecule has 0 bridgehead atoms. The second kappa shape index (κ2) is 13.5. The van der Waals surface area contributed by atoms with Gasteiger partial charge in [0, 0.05) is 5.56 Å². The van der Waals surface area contributed by atoms with Crippen LogP contribution in [-0.2, 0) is 11.2 Å². The number of nitrogens with one attached hydrogen (secondary N) is 1. The third kappa shape index (κ3) is 6.64. The molecule has 0 spiro atoms. The normalized spacial score (nSPS) is 15.2. The van der Waals surface area contributed by atoms with Crippen LogP contribution >= 0.6 is 39.3 Å². The lowest BCUT2D eigenvalue weighted by molar-refractivity contribution is -0.114. The number of ether oxygens (including phenoxy) is 4. The highest BCUT2D eigenvalue weighted by atomic mass is 79.9. The van der Waals surface area contributed by atoms with Gasteiger partial charge in [-0.25, -0.2) is 0 Å². The minimum absolute atomic E-state index is 0.0811. The number of aliphatic imine (C=N–C) groups is 1. The summed E-state index contributed by atoms with van der Waals surface area (Å²) < 4.78 is 23.5. The van der Waals surface area contributed by atoms with E-state index in [4.69, 9.17) is 36.0 Å². The lowest BCUT2D eigenvalue weighted by atomic mass is 10.1. The third-order valence-electron chi connectivity index (χ3n) is 6.32. The summed E-state index contributed by atoms with van der Waals surface area (Å²) in [6.45, 7) is 4.25. The van der Waals surface area contributed by atoms with Gasteiger partial charge in [-0.15, -0.1) is 6.58 Å². The largest absolute Gasteiger partial charge is 0.493 e. The topological polar surface area (TPSA) is 106 Å². The first-order valence-corrected chi connectivity index (χ1v) is 15.0. The van der Waals surface area contributed by atoms with Gasteiger partial charge in [-0.05, 0) is 81.6 Å². The van der Waals surface area contributed by atoms with E-state index < -0.39 is 5.91 Å². The average molecular weight is 682 g/mol. The number of carbonyl (C=O) groups is 1. The second-order valence-electron chi connectivity index (χ2n) is 9.11. The minimum atomic E-state index is -0.542. The van der Waals surface area contributed by atoms with Crippen molar-refractivity contribution >= 4 is 67.3 Å². The van der Waals surface area contributed by atoms with E-state index in [1.165, 1.54) is 23.9 Å². The molecule has 0 saturated heterocycles. The molecule has 43 heavy (non-hydrogen) atoms. The number of thioether (sulfide) groups is 1. The first-order valence-electron chi connectivity index (χ1n) is 13.0. The summed E-state index contributed by atoms with van der Waals surface area (Å²) >= 11 is 11.1. The summed E-state index contributed by atoms with van der Waals surface area (Å²) in [5.74, 6) is 1.51. The maximum absolute atomic E-state index is 12.9. The van der Waals surface area contributed by atoms with E-state index in [1.807, 2.05) is 42.5 Å². The van der Waals surface area contributed by atoms with Crippen molar-refractivity contribution in [3.8, 4) is 23.0 Å². The Balaban J connectivity index is 1.29. The molecular weight excluding hydrogens is 656 g/mol. The molecule has 0 saturated carbocycles. The molecule has 0 atom stereocenters. The highest BCUT2D eigenvalue weighted by molar-refractivity contribution is 9.10. The smallest absolute Gasteiger partial charge is 0.283 e. The fourth-order valence-electron chi connectivity index (χ4n) is 4.29. The highest BCUT2D eigenvalue weighted by Crippen LogP contribution is 2.38. The van der Waals surface area contributed by atoms with E-state index >= 15 is 0 Å². The van der Waals surface area contributed by atoms with E-state index in [-0.39, 0.29) is 24.6 Å². The molecular formula is C31H26BrClN4O5S. The SMILES string of the molecule is C=CCc1ccc(OCCOc2c(Br)cc(/C=C3/C(=N)N4N=C(c5ccccc5Cl)SC4=NC3=O)cc2OC)c(OC)c1. The van der Waals surface area contributed by atoms with Crippen LogP contribution < -0.4 is 18.9 Å². The summed E-state index contributed by atoms with van der Waals surface area (Å²) in [5.41, 5.74) is 2.46. The molecule has 0 unspecified atom stereocenters. The first-order chi connectivity index (χ1) is 20.8. The molecule has 2 heterocycles. The van der Waals surface area contributed by atoms with E-state index in [1.54, 1.807) is 31.4 Å². The van der Waals surface area contributed by atoms with Crippen LogP contribution in [0.15, 0.2) is 87.4 Å². The third-order valence-corrected chi connectivity index (χ3v) is 8.18. The molecule has 5 rings (SSSR count). The van der Waals surface area contributed by atoms with Crippen molar-refractivity contribution in [1.82, 2.24) is 5.01 Å². The maximum Gasteiger partial charge on any atom is 0.283 e. The highest BCUT2D eigenvalue weighted by Gasteiger charge is 2.36. The van der Waals surface area contributed by atoms with Crippen LogP contribution in [0.5, 0.6) is 23.0 Å². The summed E-state index contributed by atoms with van der Waals surface area (Å²) in [5, 5.41) is 15.9. The fourth-order valence-corrected chi connectivity index (χ4v) is 6.07. The number of methoxy groups -OCH3 is 2.